The van der Waals surface area contributed by atoms with Gasteiger partial charge in [-0.25, -0.2) is 4.79 Å². The molecule has 4 aliphatic carbocycles. The molecule has 4 bridgehead atoms. The van der Waals surface area contributed by atoms with E-state index < -0.39 is 5.97 Å². The highest BCUT2D eigenvalue weighted by molar-refractivity contribution is 5.86. The normalized spacial score (nSPS) is 43.5. The highest BCUT2D eigenvalue weighted by Crippen LogP contribution is 2.62. The molecule has 0 spiro atoms. The third kappa shape index (κ3) is 3.22. The number of carbonyl (C=O) groups is 1. The molecule has 24 heavy (non-hydrogen) atoms. The number of hydrogen-bond acceptors (Lipinski definition) is 3. The second kappa shape index (κ2) is 6.05. The van der Waals surface area contributed by atoms with E-state index >= 15 is 0 Å². The van der Waals surface area contributed by atoms with E-state index in [1.165, 1.54) is 44.8 Å². The Hall–Kier alpha value is -1.03. The standard InChI is InChI=1S/C20H30O4/c1-19(3-5-24-19)2-4-23-13-17(18(21)22)12-20-9-14-6-15(10-20)8-16(7-14)11-20/h13-16H,2-12H2,1H3,(H,21,22). The Kier molecular flexibility index (Phi) is 4.14. The van der Waals surface area contributed by atoms with Gasteiger partial charge in [-0.05, 0) is 81.5 Å². The van der Waals surface area contributed by atoms with Gasteiger partial charge in [-0.15, -0.1) is 0 Å². The molecule has 0 radical (unpaired) electrons. The van der Waals surface area contributed by atoms with Crippen LogP contribution >= 0.6 is 0 Å². The summed E-state index contributed by atoms with van der Waals surface area (Å²) in [4.78, 5) is 11.7. The number of rotatable bonds is 7. The molecule has 1 atom stereocenters. The van der Waals surface area contributed by atoms with Crippen molar-refractivity contribution in [1.82, 2.24) is 0 Å². The molecule has 4 nitrogen and oxygen atoms in total. The number of ether oxygens (including phenoxy) is 2. The van der Waals surface area contributed by atoms with Crippen LogP contribution in [0.25, 0.3) is 0 Å². The summed E-state index contributed by atoms with van der Waals surface area (Å²) in [5.74, 6) is 1.74. The van der Waals surface area contributed by atoms with E-state index in [1.54, 1.807) is 0 Å². The molecule has 0 aromatic rings. The van der Waals surface area contributed by atoms with Crippen LogP contribution in [0.4, 0.5) is 0 Å². The maximum Gasteiger partial charge on any atom is 0.334 e. The van der Waals surface area contributed by atoms with Crippen LogP contribution in [0.15, 0.2) is 11.8 Å². The Morgan fingerprint density at radius 2 is 1.79 bits per heavy atom. The molecular formula is C20H30O4. The molecule has 5 aliphatic rings. The highest BCUT2D eigenvalue weighted by atomic mass is 16.5. The number of aliphatic carboxylic acids is 1. The van der Waals surface area contributed by atoms with Gasteiger partial charge in [0, 0.05) is 6.42 Å². The fourth-order valence-corrected chi connectivity index (χ4v) is 6.16. The maximum absolute atomic E-state index is 11.7. The fraction of sp³-hybridized carbons (Fsp3) is 0.850. The predicted molar refractivity (Wildman–Crippen MR) is 90.5 cm³/mol. The van der Waals surface area contributed by atoms with E-state index in [2.05, 4.69) is 6.92 Å². The van der Waals surface area contributed by atoms with Gasteiger partial charge < -0.3 is 14.6 Å². The van der Waals surface area contributed by atoms with Gasteiger partial charge in [0.1, 0.15) is 0 Å². The lowest BCUT2D eigenvalue weighted by molar-refractivity contribution is -0.143. The van der Waals surface area contributed by atoms with Crippen LogP contribution in [-0.2, 0) is 14.3 Å². The third-order valence-electron chi connectivity index (χ3n) is 7.06. The van der Waals surface area contributed by atoms with E-state index in [0.717, 1.165) is 37.2 Å². The molecule has 1 unspecified atom stereocenters. The van der Waals surface area contributed by atoms with Gasteiger partial charge in [0.05, 0.1) is 30.6 Å². The number of hydrogen-bond donors (Lipinski definition) is 1. The van der Waals surface area contributed by atoms with Crippen LogP contribution in [0.2, 0.25) is 0 Å². The minimum Gasteiger partial charge on any atom is -0.501 e. The molecular weight excluding hydrogens is 304 g/mol. The van der Waals surface area contributed by atoms with Crippen molar-refractivity contribution in [2.24, 2.45) is 23.2 Å². The third-order valence-corrected chi connectivity index (χ3v) is 7.06. The summed E-state index contributed by atoms with van der Waals surface area (Å²) >= 11 is 0. The zero-order valence-corrected chi connectivity index (χ0v) is 14.8. The number of carboxylic acid groups (broad SMARTS) is 1. The van der Waals surface area contributed by atoms with Gasteiger partial charge in [-0.1, -0.05) is 0 Å². The molecule has 1 aliphatic heterocycles. The van der Waals surface area contributed by atoms with Gasteiger partial charge in [-0.3, -0.25) is 0 Å². The van der Waals surface area contributed by atoms with Crippen LogP contribution in [0, 0.1) is 23.2 Å². The average Bonchev–Trinajstić information content (AvgIpc) is 2.47. The summed E-state index contributed by atoms with van der Waals surface area (Å²) in [6.45, 7) is 3.46. The molecule has 4 heteroatoms. The Morgan fingerprint density at radius 1 is 1.21 bits per heavy atom. The monoisotopic (exact) mass is 334 g/mol. The summed E-state index contributed by atoms with van der Waals surface area (Å²) in [7, 11) is 0. The maximum atomic E-state index is 11.7. The summed E-state index contributed by atoms with van der Waals surface area (Å²) < 4.78 is 11.2. The van der Waals surface area contributed by atoms with E-state index in [4.69, 9.17) is 9.47 Å². The van der Waals surface area contributed by atoms with Crippen LogP contribution in [0.5, 0.6) is 0 Å². The van der Waals surface area contributed by atoms with E-state index in [-0.39, 0.29) is 11.0 Å². The quantitative estimate of drug-likeness (QED) is 0.432. The molecule has 4 saturated carbocycles. The van der Waals surface area contributed by atoms with Crippen molar-refractivity contribution in [2.45, 2.75) is 70.3 Å². The highest BCUT2D eigenvalue weighted by Gasteiger charge is 2.51. The van der Waals surface area contributed by atoms with Crippen molar-refractivity contribution in [3.05, 3.63) is 11.8 Å². The van der Waals surface area contributed by atoms with Gasteiger partial charge in [-0.2, -0.15) is 0 Å². The first-order valence-electron chi connectivity index (χ1n) is 9.63. The average molecular weight is 334 g/mol. The van der Waals surface area contributed by atoms with E-state index in [1.807, 2.05) is 0 Å². The van der Waals surface area contributed by atoms with Gasteiger partial charge in [0.2, 0.25) is 0 Å². The Bertz CT molecular complexity index is 496. The van der Waals surface area contributed by atoms with Crippen molar-refractivity contribution in [1.29, 1.82) is 0 Å². The van der Waals surface area contributed by atoms with Crippen molar-refractivity contribution in [3.63, 3.8) is 0 Å². The summed E-state index contributed by atoms with van der Waals surface area (Å²) in [6.07, 6.45) is 12.0. The SMILES string of the molecule is CC1(CCOC=C(CC23CC4CC(CC(C4)C2)C3)C(=O)O)CCO1. The van der Waals surface area contributed by atoms with Crippen molar-refractivity contribution >= 4 is 5.97 Å². The van der Waals surface area contributed by atoms with E-state index in [0.29, 0.717) is 18.6 Å². The Labute approximate surface area is 144 Å². The summed E-state index contributed by atoms with van der Waals surface area (Å²) in [5.41, 5.74) is 0.652. The van der Waals surface area contributed by atoms with Crippen LogP contribution in [0.3, 0.4) is 0 Å². The predicted octanol–water partition coefficient (Wildman–Crippen LogP) is 4.15. The summed E-state index contributed by atoms with van der Waals surface area (Å²) in [6, 6.07) is 0. The first-order chi connectivity index (χ1) is 11.5. The van der Waals surface area contributed by atoms with E-state index in [9.17, 15) is 9.90 Å². The number of carboxylic acids is 1. The fourth-order valence-electron chi connectivity index (χ4n) is 6.16. The molecule has 134 valence electrons. The van der Waals surface area contributed by atoms with Crippen LogP contribution in [0.1, 0.15) is 64.7 Å². The topological polar surface area (TPSA) is 55.8 Å². The van der Waals surface area contributed by atoms with Gasteiger partial charge in [0.25, 0.3) is 0 Å². The zero-order valence-electron chi connectivity index (χ0n) is 14.8. The minimum atomic E-state index is -0.808. The van der Waals surface area contributed by atoms with Gasteiger partial charge in [0.15, 0.2) is 0 Å². The van der Waals surface area contributed by atoms with Crippen molar-refractivity contribution in [3.8, 4) is 0 Å². The Balaban J connectivity index is 1.36. The molecule has 0 aromatic heterocycles. The largest absolute Gasteiger partial charge is 0.501 e. The Morgan fingerprint density at radius 3 is 2.25 bits per heavy atom. The smallest absolute Gasteiger partial charge is 0.334 e. The van der Waals surface area contributed by atoms with Crippen molar-refractivity contribution in [2.75, 3.05) is 13.2 Å². The lowest BCUT2D eigenvalue weighted by Gasteiger charge is -2.57. The van der Waals surface area contributed by atoms with Crippen molar-refractivity contribution < 1.29 is 19.4 Å². The van der Waals surface area contributed by atoms with Gasteiger partial charge >= 0.3 is 5.97 Å². The molecule has 5 rings (SSSR count). The first kappa shape index (κ1) is 16.4. The van der Waals surface area contributed by atoms with Crippen LogP contribution in [-0.4, -0.2) is 29.9 Å². The molecule has 0 aromatic carbocycles. The second-order valence-electron chi connectivity index (χ2n) is 9.21. The molecule has 0 amide bonds. The molecule has 1 heterocycles. The molecule has 5 fully saturated rings. The lowest BCUT2D eigenvalue weighted by atomic mass is 9.48. The zero-order chi connectivity index (χ0) is 16.8. The molecule has 1 N–H and O–H groups in total. The summed E-state index contributed by atoms with van der Waals surface area (Å²) in [5, 5.41) is 9.62. The lowest BCUT2D eigenvalue weighted by Crippen LogP contribution is -2.46. The minimum absolute atomic E-state index is 0.0584. The molecule has 1 saturated heterocycles. The second-order valence-corrected chi connectivity index (χ2v) is 9.21. The van der Waals surface area contributed by atoms with Crippen LogP contribution < -0.4 is 0 Å². The first-order valence-corrected chi connectivity index (χ1v) is 9.63.